The van der Waals surface area contributed by atoms with Crippen LogP contribution in [0.1, 0.15) is 32.1 Å². The van der Waals surface area contributed by atoms with Crippen LogP contribution in [-0.4, -0.2) is 12.6 Å². The molecule has 0 aromatic carbocycles. The van der Waals surface area contributed by atoms with E-state index in [2.05, 4.69) is 6.58 Å². The smallest absolute Gasteiger partial charge is 0.108 e. The number of ether oxygens (including phenoxy) is 1. The van der Waals surface area contributed by atoms with Crippen LogP contribution in [0.3, 0.4) is 0 Å². The third-order valence-electron chi connectivity index (χ3n) is 2.55. The Balaban J connectivity index is 2.56. The van der Waals surface area contributed by atoms with Crippen molar-refractivity contribution in [2.45, 2.75) is 37.6 Å². The molecule has 0 spiro atoms. The highest BCUT2D eigenvalue weighted by Crippen LogP contribution is 2.31. The minimum absolute atomic E-state index is 0.229. The number of rotatable bonds is 2. The highest BCUT2D eigenvalue weighted by atomic mass is 16.5. The Morgan fingerprint density at radius 1 is 1.36 bits per heavy atom. The minimum atomic E-state index is -0.229. The topological polar surface area (TPSA) is 35.2 Å². The van der Waals surface area contributed by atoms with Gasteiger partial charge in [0.1, 0.15) is 5.76 Å². The lowest BCUT2D eigenvalue weighted by Gasteiger charge is -2.33. The van der Waals surface area contributed by atoms with Crippen molar-refractivity contribution >= 4 is 0 Å². The molecule has 0 aromatic heterocycles. The monoisotopic (exact) mass is 155 g/mol. The van der Waals surface area contributed by atoms with Crippen molar-refractivity contribution in [3.05, 3.63) is 12.3 Å². The molecule has 0 bridgehead atoms. The molecule has 0 amide bonds. The molecule has 0 heterocycles. The standard InChI is InChI=1S/C9H17NO/c1-8(11-2)9(10)6-4-3-5-7-9/h1,3-7,10H2,2H3. The second-order valence-corrected chi connectivity index (χ2v) is 3.34. The third-order valence-corrected chi connectivity index (χ3v) is 2.55. The summed E-state index contributed by atoms with van der Waals surface area (Å²) in [5.41, 5.74) is 5.86. The predicted molar refractivity (Wildman–Crippen MR) is 46.2 cm³/mol. The van der Waals surface area contributed by atoms with Gasteiger partial charge in [0, 0.05) is 0 Å². The van der Waals surface area contributed by atoms with Crippen LogP contribution in [0.2, 0.25) is 0 Å². The summed E-state index contributed by atoms with van der Waals surface area (Å²) in [5.74, 6) is 0.747. The quantitative estimate of drug-likeness (QED) is 0.617. The van der Waals surface area contributed by atoms with Crippen molar-refractivity contribution in [3.63, 3.8) is 0 Å². The molecule has 1 saturated carbocycles. The summed E-state index contributed by atoms with van der Waals surface area (Å²) in [6, 6.07) is 0. The van der Waals surface area contributed by atoms with Crippen molar-refractivity contribution in [1.29, 1.82) is 0 Å². The van der Waals surface area contributed by atoms with E-state index in [1.165, 1.54) is 19.3 Å². The molecular formula is C9H17NO. The number of methoxy groups -OCH3 is 1. The predicted octanol–water partition coefficient (Wildman–Crippen LogP) is 1.81. The third kappa shape index (κ3) is 1.74. The van der Waals surface area contributed by atoms with Gasteiger partial charge in [-0.15, -0.1) is 0 Å². The first-order valence-corrected chi connectivity index (χ1v) is 4.21. The normalized spacial score (nSPS) is 22.7. The Hall–Kier alpha value is -0.500. The molecule has 2 nitrogen and oxygen atoms in total. The molecule has 1 fully saturated rings. The zero-order valence-corrected chi connectivity index (χ0v) is 7.23. The fourth-order valence-corrected chi connectivity index (χ4v) is 1.66. The second kappa shape index (κ2) is 3.26. The van der Waals surface area contributed by atoms with Gasteiger partial charge in [0.15, 0.2) is 0 Å². The highest BCUT2D eigenvalue weighted by Gasteiger charge is 2.31. The maximum atomic E-state index is 6.09. The minimum Gasteiger partial charge on any atom is -0.500 e. The molecule has 11 heavy (non-hydrogen) atoms. The van der Waals surface area contributed by atoms with Gasteiger partial charge in [-0.1, -0.05) is 25.8 Å². The molecule has 64 valence electrons. The highest BCUT2D eigenvalue weighted by molar-refractivity contribution is 5.09. The number of nitrogens with two attached hydrogens (primary N) is 1. The van der Waals surface area contributed by atoms with Crippen LogP contribution in [-0.2, 0) is 4.74 Å². The first kappa shape index (κ1) is 8.60. The van der Waals surface area contributed by atoms with E-state index < -0.39 is 0 Å². The van der Waals surface area contributed by atoms with E-state index in [0.29, 0.717) is 0 Å². The summed E-state index contributed by atoms with van der Waals surface area (Å²) in [5, 5.41) is 0. The largest absolute Gasteiger partial charge is 0.500 e. The molecule has 1 rings (SSSR count). The molecule has 1 aliphatic rings. The summed E-state index contributed by atoms with van der Waals surface area (Å²) in [7, 11) is 1.64. The van der Waals surface area contributed by atoms with Gasteiger partial charge in [-0.25, -0.2) is 0 Å². The lowest BCUT2D eigenvalue weighted by Crippen LogP contribution is -2.43. The summed E-state index contributed by atoms with van der Waals surface area (Å²) < 4.78 is 5.07. The van der Waals surface area contributed by atoms with Crippen LogP contribution >= 0.6 is 0 Å². The summed E-state index contributed by atoms with van der Waals surface area (Å²) >= 11 is 0. The lowest BCUT2D eigenvalue weighted by molar-refractivity contribution is 0.189. The van der Waals surface area contributed by atoms with Crippen LogP contribution in [0.15, 0.2) is 12.3 Å². The van der Waals surface area contributed by atoms with Crippen molar-refractivity contribution in [3.8, 4) is 0 Å². The molecule has 0 aromatic rings. The van der Waals surface area contributed by atoms with E-state index in [1.54, 1.807) is 7.11 Å². The maximum Gasteiger partial charge on any atom is 0.108 e. The van der Waals surface area contributed by atoms with Crippen LogP contribution < -0.4 is 5.73 Å². The Morgan fingerprint density at radius 2 is 1.91 bits per heavy atom. The molecule has 0 unspecified atom stereocenters. The molecule has 2 heteroatoms. The first-order chi connectivity index (χ1) is 5.19. The van der Waals surface area contributed by atoms with Gasteiger partial charge in [0.2, 0.25) is 0 Å². The van der Waals surface area contributed by atoms with Crippen LogP contribution in [0.4, 0.5) is 0 Å². The van der Waals surface area contributed by atoms with E-state index in [9.17, 15) is 0 Å². The Bertz CT molecular complexity index is 148. The Morgan fingerprint density at radius 3 is 2.36 bits per heavy atom. The van der Waals surface area contributed by atoms with Gasteiger partial charge in [-0.05, 0) is 12.8 Å². The summed E-state index contributed by atoms with van der Waals surface area (Å²) in [6.07, 6.45) is 5.77. The number of hydrogen-bond acceptors (Lipinski definition) is 2. The van der Waals surface area contributed by atoms with Crippen LogP contribution in [0.5, 0.6) is 0 Å². The van der Waals surface area contributed by atoms with Gasteiger partial charge in [-0.3, -0.25) is 0 Å². The molecule has 0 atom stereocenters. The molecule has 2 N–H and O–H groups in total. The summed E-state index contributed by atoms with van der Waals surface area (Å²) in [6.45, 7) is 3.82. The van der Waals surface area contributed by atoms with E-state index in [4.69, 9.17) is 10.5 Å². The number of hydrogen-bond donors (Lipinski definition) is 1. The van der Waals surface area contributed by atoms with Crippen molar-refractivity contribution in [2.24, 2.45) is 5.73 Å². The van der Waals surface area contributed by atoms with E-state index >= 15 is 0 Å². The SMILES string of the molecule is C=C(OC)C1(N)CCCCC1. The van der Waals surface area contributed by atoms with E-state index in [0.717, 1.165) is 18.6 Å². The molecule has 0 aliphatic heterocycles. The van der Waals surface area contributed by atoms with E-state index in [1.807, 2.05) is 0 Å². The molecule has 0 radical (unpaired) electrons. The van der Waals surface area contributed by atoms with Crippen molar-refractivity contribution < 1.29 is 4.74 Å². The molecule has 0 saturated heterocycles. The average Bonchev–Trinajstić information content (AvgIpc) is 2.04. The maximum absolute atomic E-state index is 6.09. The molecule has 1 aliphatic carbocycles. The lowest BCUT2D eigenvalue weighted by atomic mass is 9.81. The Labute approximate surface area is 68.4 Å². The average molecular weight is 155 g/mol. The van der Waals surface area contributed by atoms with Gasteiger partial charge in [0.05, 0.1) is 12.6 Å². The van der Waals surface area contributed by atoms with Crippen LogP contribution in [0.25, 0.3) is 0 Å². The second-order valence-electron chi connectivity index (χ2n) is 3.34. The summed E-state index contributed by atoms with van der Waals surface area (Å²) in [4.78, 5) is 0. The van der Waals surface area contributed by atoms with Gasteiger partial charge in [-0.2, -0.15) is 0 Å². The van der Waals surface area contributed by atoms with Gasteiger partial charge < -0.3 is 10.5 Å². The van der Waals surface area contributed by atoms with Crippen molar-refractivity contribution in [2.75, 3.05) is 7.11 Å². The zero-order valence-electron chi connectivity index (χ0n) is 7.23. The zero-order chi connectivity index (χ0) is 8.32. The van der Waals surface area contributed by atoms with Gasteiger partial charge >= 0.3 is 0 Å². The molecular weight excluding hydrogens is 138 g/mol. The first-order valence-electron chi connectivity index (χ1n) is 4.21. The van der Waals surface area contributed by atoms with Crippen molar-refractivity contribution in [1.82, 2.24) is 0 Å². The van der Waals surface area contributed by atoms with Crippen LogP contribution in [0, 0.1) is 0 Å². The fraction of sp³-hybridized carbons (Fsp3) is 0.778. The van der Waals surface area contributed by atoms with E-state index in [-0.39, 0.29) is 5.54 Å². The fourth-order valence-electron chi connectivity index (χ4n) is 1.66. The van der Waals surface area contributed by atoms with Gasteiger partial charge in [0.25, 0.3) is 0 Å². The Kier molecular flexibility index (Phi) is 2.55.